The number of benzene rings is 1. The van der Waals surface area contributed by atoms with Crippen molar-refractivity contribution in [3.63, 3.8) is 0 Å². The number of aryl methyl sites for hydroxylation is 1. The summed E-state index contributed by atoms with van der Waals surface area (Å²) >= 11 is 3.48. The van der Waals surface area contributed by atoms with Crippen LogP contribution in [0.3, 0.4) is 0 Å². The van der Waals surface area contributed by atoms with E-state index in [0.717, 1.165) is 27.0 Å². The first-order valence-electron chi connectivity index (χ1n) is 6.65. The molecule has 20 heavy (non-hydrogen) atoms. The van der Waals surface area contributed by atoms with Gasteiger partial charge in [-0.2, -0.15) is 0 Å². The second kappa shape index (κ2) is 6.41. The summed E-state index contributed by atoms with van der Waals surface area (Å²) < 4.78 is 9.12. The molecule has 0 spiro atoms. The lowest BCUT2D eigenvalue weighted by Gasteiger charge is -2.16. The second-order valence-corrected chi connectivity index (χ2v) is 6.01. The number of halogens is 1. The van der Waals surface area contributed by atoms with Crippen molar-refractivity contribution in [2.24, 2.45) is 5.73 Å². The van der Waals surface area contributed by atoms with Crippen LogP contribution in [0.4, 0.5) is 0 Å². The van der Waals surface area contributed by atoms with Gasteiger partial charge in [0.25, 0.3) is 0 Å². The van der Waals surface area contributed by atoms with E-state index in [4.69, 9.17) is 10.5 Å². The molecule has 0 radical (unpaired) electrons. The summed E-state index contributed by atoms with van der Waals surface area (Å²) in [5, 5.41) is 0. The number of imidazole rings is 1. The Balaban J connectivity index is 2.21. The van der Waals surface area contributed by atoms with E-state index in [1.54, 1.807) is 0 Å². The highest BCUT2D eigenvalue weighted by Crippen LogP contribution is 2.28. The highest BCUT2D eigenvalue weighted by Gasteiger charge is 2.11. The van der Waals surface area contributed by atoms with Crippen molar-refractivity contribution in [2.45, 2.75) is 40.0 Å². The third-order valence-corrected chi connectivity index (χ3v) is 3.66. The highest BCUT2D eigenvalue weighted by atomic mass is 79.9. The predicted octanol–water partition coefficient (Wildman–Crippen LogP) is 3.57. The molecule has 0 amide bonds. The molecule has 0 aliphatic heterocycles. The number of ether oxygens (including phenoxy) is 1. The van der Waals surface area contributed by atoms with Crippen molar-refractivity contribution in [1.82, 2.24) is 9.55 Å². The van der Waals surface area contributed by atoms with E-state index < -0.39 is 0 Å². The van der Waals surface area contributed by atoms with Crippen LogP contribution < -0.4 is 10.5 Å². The average molecular weight is 338 g/mol. The van der Waals surface area contributed by atoms with Crippen LogP contribution in [-0.4, -0.2) is 9.55 Å². The molecule has 1 aromatic carbocycles. The maximum absolute atomic E-state index is 5.99. The van der Waals surface area contributed by atoms with Crippen molar-refractivity contribution in [1.29, 1.82) is 0 Å². The summed E-state index contributed by atoms with van der Waals surface area (Å²) in [7, 11) is 0. The molecule has 0 aliphatic rings. The molecule has 0 aliphatic carbocycles. The maximum atomic E-state index is 5.99. The standard InChI is InChI=1S/C15H20BrN3O/c1-10(2)19-9-18-7-14(19)8-20-15-11(3)4-13(16)5-12(15)6-17/h4-5,7,9-10H,6,8,17H2,1-3H3. The van der Waals surface area contributed by atoms with Crippen molar-refractivity contribution in [2.75, 3.05) is 0 Å². The molecule has 5 heteroatoms. The van der Waals surface area contributed by atoms with Gasteiger partial charge >= 0.3 is 0 Å². The molecule has 0 fully saturated rings. The van der Waals surface area contributed by atoms with E-state index in [9.17, 15) is 0 Å². The Hall–Kier alpha value is -1.33. The van der Waals surface area contributed by atoms with Gasteiger partial charge in [-0.25, -0.2) is 4.98 Å². The zero-order chi connectivity index (χ0) is 14.7. The molecule has 1 heterocycles. The molecule has 2 aromatic rings. The van der Waals surface area contributed by atoms with Crippen molar-refractivity contribution in [3.8, 4) is 5.75 Å². The van der Waals surface area contributed by atoms with Crippen LogP contribution in [0.2, 0.25) is 0 Å². The summed E-state index contributed by atoms with van der Waals surface area (Å²) in [5.41, 5.74) is 8.94. The number of hydrogen-bond donors (Lipinski definition) is 1. The molecule has 0 saturated carbocycles. The fraction of sp³-hybridized carbons (Fsp3) is 0.400. The van der Waals surface area contributed by atoms with Crippen LogP contribution in [0.25, 0.3) is 0 Å². The van der Waals surface area contributed by atoms with Gasteiger partial charge in [0.05, 0.1) is 18.2 Å². The number of nitrogens with two attached hydrogens (primary N) is 1. The van der Waals surface area contributed by atoms with Crippen molar-refractivity contribution in [3.05, 3.63) is 46.0 Å². The summed E-state index contributed by atoms with van der Waals surface area (Å²) in [6, 6.07) is 4.41. The Morgan fingerprint density at radius 2 is 2.15 bits per heavy atom. The Labute approximate surface area is 128 Å². The molecule has 0 saturated heterocycles. The van der Waals surface area contributed by atoms with Gasteiger partial charge in [0.1, 0.15) is 12.4 Å². The third kappa shape index (κ3) is 3.22. The average Bonchev–Trinajstić information content (AvgIpc) is 2.85. The lowest BCUT2D eigenvalue weighted by atomic mass is 10.1. The summed E-state index contributed by atoms with van der Waals surface area (Å²) in [6.45, 7) is 7.23. The molecule has 1 aromatic heterocycles. The van der Waals surface area contributed by atoms with Gasteiger partial charge in [-0.3, -0.25) is 0 Å². The third-order valence-electron chi connectivity index (χ3n) is 3.20. The molecule has 2 rings (SSSR count). The molecule has 0 bridgehead atoms. The van der Waals surface area contributed by atoms with Crippen LogP contribution in [0.15, 0.2) is 29.1 Å². The van der Waals surface area contributed by atoms with Gasteiger partial charge in [-0.05, 0) is 38.5 Å². The number of rotatable bonds is 5. The first-order chi connectivity index (χ1) is 9.52. The number of nitrogens with zero attached hydrogens (tertiary/aromatic N) is 2. The first-order valence-corrected chi connectivity index (χ1v) is 7.44. The van der Waals surface area contributed by atoms with Gasteiger partial charge in [0.15, 0.2) is 0 Å². The van der Waals surface area contributed by atoms with Crippen LogP contribution in [-0.2, 0) is 13.2 Å². The van der Waals surface area contributed by atoms with Crippen LogP contribution >= 0.6 is 15.9 Å². The SMILES string of the molecule is Cc1cc(Br)cc(CN)c1OCc1cncn1C(C)C. The van der Waals surface area contributed by atoms with E-state index in [2.05, 4.69) is 39.3 Å². The molecule has 108 valence electrons. The zero-order valence-corrected chi connectivity index (χ0v) is 13.6. The van der Waals surface area contributed by atoms with Gasteiger partial charge in [0.2, 0.25) is 0 Å². The minimum atomic E-state index is 0.371. The van der Waals surface area contributed by atoms with E-state index in [1.807, 2.05) is 31.6 Å². The highest BCUT2D eigenvalue weighted by molar-refractivity contribution is 9.10. The smallest absolute Gasteiger partial charge is 0.130 e. The van der Waals surface area contributed by atoms with Crippen LogP contribution in [0.1, 0.15) is 36.7 Å². The molecular formula is C15H20BrN3O. The normalized spacial score (nSPS) is 11.1. The summed E-state index contributed by atoms with van der Waals surface area (Å²) in [5.74, 6) is 0.868. The Morgan fingerprint density at radius 1 is 1.40 bits per heavy atom. The monoisotopic (exact) mass is 337 g/mol. The van der Waals surface area contributed by atoms with Gasteiger partial charge in [0, 0.05) is 22.6 Å². The fourth-order valence-corrected chi connectivity index (χ4v) is 2.83. The number of aromatic nitrogens is 2. The quantitative estimate of drug-likeness (QED) is 0.907. The van der Waals surface area contributed by atoms with Crippen molar-refractivity contribution < 1.29 is 4.74 Å². The zero-order valence-electron chi connectivity index (χ0n) is 12.1. The van der Waals surface area contributed by atoms with Gasteiger partial charge in [-0.15, -0.1) is 0 Å². The summed E-state index contributed by atoms with van der Waals surface area (Å²) in [6.07, 6.45) is 3.68. The Bertz CT molecular complexity index is 593. The first kappa shape index (κ1) is 15.1. The van der Waals surface area contributed by atoms with E-state index >= 15 is 0 Å². The van der Waals surface area contributed by atoms with E-state index in [-0.39, 0.29) is 0 Å². The van der Waals surface area contributed by atoms with Crippen LogP contribution in [0, 0.1) is 6.92 Å². The Kier molecular flexibility index (Phi) is 4.83. The molecule has 0 atom stereocenters. The Morgan fingerprint density at radius 3 is 2.80 bits per heavy atom. The largest absolute Gasteiger partial charge is 0.487 e. The van der Waals surface area contributed by atoms with E-state index in [0.29, 0.717) is 19.2 Å². The fourth-order valence-electron chi connectivity index (χ4n) is 2.21. The molecule has 2 N–H and O–H groups in total. The van der Waals surface area contributed by atoms with Crippen molar-refractivity contribution >= 4 is 15.9 Å². The van der Waals surface area contributed by atoms with Gasteiger partial charge in [-0.1, -0.05) is 15.9 Å². The molecule has 0 unspecified atom stereocenters. The lowest BCUT2D eigenvalue weighted by molar-refractivity contribution is 0.287. The van der Waals surface area contributed by atoms with E-state index in [1.165, 1.54) is 0 Å². The molecular weight excluding hydrogens is 318 g/mol. The molecule has 4 nitrogen and oxygen atoms in total. The summed E-state index contributed by atoms with van der Waals surface area (Å²) in [4.78, 5) is 4.19. The second-order valence-electron chi connectivity index (χ2n) is 5.09. The predicted molar refractivity (Wildman–Crippen MR) is 83.7 cm³/mol. The minimum absolute atomic E-state index is 0.371. The lowest BCUT2D eigenvalue weighted by Crippen LogP contribution is -2.09. The van der Waals surface area contributed by atoms with Gasteiger partial charge < -0.3 is 15.0 Å². The topological polar surface area (TPSA) is 53.1 Å². The minimum Gasteiger partial charge on any atom is -0.487 e. The maximum Gasteiger partial charge on any atom is 0.130 e. The number of hydrogen-bond acceptors (Lipinski definition) is 3. The van der Waals surface area contributed by atoms with Crippen LogP contribution in [0.5, 0.6) is 5.75 Å².